The molecule has 0 fully saturated rings. The van der Waals surface area contributed by atoms with Crippen molar-refractivity contribution in [2.24, 2.45) is 0 Å². The molecule has 0 aliphatic carbocycles. The van der Waals surface area contributed by atoms with Crippen LogP contribution in [-0.4, -0.2) is 16.0 Å². The molecule has 6 nitrogen and oxygen atoms in total. The van der Waals surface area contributed by atoms with E-state index < -0.39 is 5.91 Å². The molecule has 2 aromatic heterocycles. The van der Waals surface area contributed by atoms with Gasteiger partial charge in [-0.3, -0.25) is 10.1 Å². The van der Waals surface area contributed by atoms with Crippen LogP contribution in [0.3, 0.4) is 0 Å². The van der Waals surface area contributed by atoms with Crippen molar-refractivity contribution in [2.75, 3.05) is 5.32 Å². The highest BCUT2D eigenvalue weighted by Crippen LogP contribution is 2.27. The first-order valence-electron chi connectivity index (χ1n) is 7.91. The highest BCUT2D eigenvalue weighted by molar-refractivity contribution is 7.80. The normalized spacial score (nSPS) is 10.7. The molecular weight excluding hydrogens is 386 g/mol. The van der Waals surface area contributed by atoms with Crippen molar-refractivity contribution in [1.29, 1.82) is 0 Å². The van der Waals surface area contributed by atoms with Crippen LogP contribution in [-0.2, 0) is 0 Å². The Hall–Kier alpha value is -3.16. The van der Waals surface area contributed by atoms with E-state index in [9.17, 15) is 4.79 Å². The SMILES string of the molecule is O=C(NC(=S)Nc1cccc(-c2nc3cc(Cl)ccc3o2)c1)c1ccco1. The van der Waals surface area contributed by atoms with Gasteiger partial charge < -0.3 is 14.2 Å². The molecule has 4 rings (SSSR count). The Bertz CT molecular complexity index is 1140. The summed E-state index contributed by atoms with van der Waals surface area (Å²) in [5.74, 6) is 0.212. The number of amides is 1. The number of nitrogens with one attached hydrogen (secondary N) is 2. The summed E-state index contributed by atoms with van der Waals surface area (Å²) in [6, 6.07) is 15.8. The number of furan rings is 1. The average molecular weight is 398 g/mol. The van der Waals surface area contributed by atoms with Crippen molar-refractivity contribution in [3.05, 3.63) is 71.6 Å². The second-order valence-corrected chi connectivity index (χ2v) is 6.44. The van der Waals surface area contributed by atoms with E-state index in [1.54, 1.807) is 30.3 Å². The molecule has 0 atom stereocenters. The van der Waals surface area contributed by atoms with Gasteiger partial charge in [0.1, 0.15) is 5.52 Å². The smallest absolute Gasteiger partial charge is 0.293 e. The molecule has 0 aliphatic rings. The van der Waals surface area contributed by atoms with Crippen molar-refractivity contribution >= 4 is 51.6 Å². The number of anilines is 1. The molecule has 2 heterocycles. The molecule has 2 aromatic carbocycles. The summed E-state index contributed by atoms with van der Waals surface area (Å²) in [4.78, 5) is 16.4. The van der Waals surface area contributed by atoms with E-state index in [0.717, 1.165) is 5.56 Å². The molecule has 4 aromatic rings. The minimum absolute atomic E-state index is 0.151. The van der Waals surface area contributed by atoms with Crippen LogP contribution in [0.15, 0.2) is 69.7 Å². The summed E-state index contributed by atoms with van der Waals surface area (Å²) in [6.45, 7) is 0. The molecule has 0 bridgehead atoms. The minimum atomic E-state index is -0.426. The highest BCUT2D eigenvalue weighted by atomic mass is 35.5. The zero-order valence-corrected chi connectivity index (χ0v) is 15.3. The second kappa shape index (κ2) is 7.22. The van der Waals surface area contributed by atoms with Gasteiger partial charge in [0, 0.05) is 16.3 Å². The Kier molecular flexibility index (Phi) is 4.62. The predicted octanol–water partition coefficient (Wildman–Crippen LogP) is 4.87. The van der Waals surface area contributed by atoms with Gasteiger partial charge in [-0.25, -0.2) is 4.98 Å². The number of halogens is 1. The molecule has 134 valence electrons. The molecule has 0 unspecified atom stereocenters. The fraction of sp³-hybridized carbons (Fsp3) is 0. The number of thiocarbonyl (C=S) groups is 1. The number of carbonyl (C=O) groups is 1. The lowest BCUT2D eigenvalue weighted by Crippen LogP contribution is -2.33. The Morgan fingerprint density at radius 1 is 1.11 bits per heavy atom. The van der Waals surface area contributed by atoms with E-state index in [-0.39, 0.29) is 10.9 Å². The number of fused-ring (bicyclic) bond motifs is 1. The number of aromatic nitrogens is 1. The minimum Gasteiger partial charge on any atom is -0.459 e. The van der Waals surface area contributed by atoms with Crippen LogP contribution in [0.4, 0.5) is 5.69 Å². The van der Waals surface area contributed by atoms with Crippen molar-refractivity contribution in [3.8, 4) is 11.5 Å². The lowest BCUT2D eigenvalue weighted by Gasteiger charge is -2.09. The molecular formula is C19H12ClN3O3S. The zero-order valence-electron chi connectivity index (χ0n) is 13.7. The maximum atomic E-state index is 12.0. The van der Waals surface area contributed by atoms with Gasteiger partial charge in [0.25, 0.3) is 5.91 Å². The molecule has 27 heavy (non-hydrogen) atoms. The van der Waals surface area contributed by atoms with Gasteiger partial charge in [0.2, 0.25) is 5.89 Å². The monoisotopic (exact) mass is 397 g/mol. The first kappa shape index (κ1) is 17.3. The Morgan fingerprint density at radius 2 is 2.00 bits per heavy atom. The third-order valence-electron chi connectivity index (χ3n) is 3.69. The molecule has 0 radical (unpaired) electrons. The zero-order chi connectivity index (χ0) is 18.8. The van der Waals surface area contributed by atoms with Crippen LogP contribution >= 0.6 is 23.8 Å². The maximum Gasteiger partial charge on any atom is 0.293 e. The first-order chi connectivity index (χ1) is 13.1. The fourth-order valence-corrected chi connectivity index (χ4v) is 2.87. The Labute approximate surface area is 164 Å². The summed E-state index contributed by atoms with van der Waals surface area (Å²) in [7, 11) is 0. The maximum absolute atomic E-state index is 12.0. The van der Waals surface area contributed by atoms with Gasteiger partial charge in [-0.2, -0.15) is 0 Å². The van der Waals surface area contributed by atoms with Gasteiger partial charge in [-0.05, 0) is 60.7 Å². The van der Waals surface area contributed by atoms with E-state index in [1.807, 2.05) is 24.3 Å². The van der Waals surface area contributed by atoms with E-state index >= 15 is 0 Å². The lowest BCUT2D eigenvalue weighted by atomic mass is 10.2. The second-order valence-electron chi connectivity index (χ2n) is 5.60. The van der Waals surface area contributed by atoms with Crippen molar-refractivity contribution in [1.82, 2.24) is 10.3 Å². The molecule has 0 aliphatic heterocycles. The Morgan fingerprint density at radius 3 is 2.81 bits per heavy atom. The molecule has 0 spiro atoms. The number of oxazole rings is 1. The quantitative estimate of drug-likeness (QED) is 0.480. The van der Waals surface area contributed by atoms with Crippen LogP contribution in [0.2, 0.25) is 5.02 Å². The van der Waals surface area contributed by atoms with Gasteiger partial charge in [-0.1, -0.05) is 17.7 Å². The summed E-state index contributed by atoms with van der Waals surface area (Å²) < 4.78 is 10.8. The number of carbonyl (C=O) groups excluding carboxylic acids is 1. The highest BCUT2D eigenvalue weighted by Gasteiger charge is 2.12. The van der Waals surface area contributed by atoms with Crippen LogP contribution in [0.1, 0.15) is 10.6 Å². The summed E-state index contributed by atoms with van der Waals surface area (Å²) in [6.07, 6.45) is 1.42. The van der Waals surface area contributed by atoms with Crippen LogP contribution in [0.5, 0.6) is 0 Å². The summed E-state index contributed by atoms with van der Waals surface area (Å²) in [5.41, 5.74) is 2.76. The van der Waals surface area contributed by atoms with Crippen molar-refractivity contribution in [3.63, 3.8) is 0 Å². The van der Waals surface area contributed by atoms with Crippen molar-refractivity contribution in [2.45, 2.75) is 0 Å². The third kappa shape index (κ3) is 3.84. The molecule has 8 heteroatoms. The predicted molar refractivity (Wildman–Crippen MR) is 107 cm³/mol. The standard InChI is InChI=1S/C19H12ClN3O3S/c20-12-6-7-15-14(10-12)22-18(26-15)11-3-1-4-13(9-11)21-19(27)23-17(24)16-5-2-8-25-16/h1-10H,(H2,21,23,24,27). The van der Waals surface area contributed by atoms with E-state index in [2.05, 4.69) is 15.6 Å². The van der Waals surface area contributed by atoms with Gasteiger partial charge in [0.15, 0.2) is 16.5 Å². The van der Waals surface area contributed by atoms with Crippen LogP contribution < -0.4 is 10.6 Å². The molecule has 1 amide bonds. The average Bonchev–Trinajstić information content (AvgIpc) is 3.31. The molecule has 2 N–H and O–H groups in total. The number of rotatable bonds is 3. The fourth-order valence-electron chi connectivity index (χ4n) is 2.49. The summed E-state index contributed by atoms with van der Waals surface area (Å²) in [5, 5.41) is 6.25. The summed E-state index contributed by atoms with van der Waals surface area (Å²) >= 11 is 11.2. The van der Waals surface area contributed by atoms with Gasteiger partial charge in [0.05, 0.1) is 6.26 Å². The van der Waals surface area contributed by atoms with Crippen LogP contribution in [0.25, 0.3) is 22.6 Å². The lowest BCUT2D eigenvalue weighted by molar-refractivity contribution is 0.0950. The Balaban J connectivity index is 1.51. The largest absolute Gasteiger partial charge is 0.459 e. The number of benzene rings is 2. The van der Waals surface area contributed by atoms with E-state index in [1.165, 1.54) is 6.26 Å². The van der Waals surface area contributed by atoms with E-state index in [0.29, 0.717) is 27.7 Å². The molecule has 0 saturated carbocycles. The first-order valence-corrected chi connectivity index (χ1v) is 8.69. The third-order valence-corrected chi connectivity index (χ3v) is 4.13. The number of hydrogen-bond donors (Lipinski definition) is 2. The number of hydrogen-bond acceptors (Lipinski definition) is 5. The molecule has 0 saturated heterocycles. The van der Waals surface area contributed by atoms with Gasteiger partial charge in [-0.15, -0.1) is 0 Å². The topological polar surface area (TPSA) is 80.3 Å². The van der Waals surface area contributed by atoms with Crippen LogP contribution in [0, 0.1) is 0 Å². The van der Waals surface area contributed by atoms with Gasteiger partial charge >= 0.3 is 0 Å². The number of nitrogens with zero attached hydrogens (tertiary/aromatic N) is 1. The van der Waals surface area contributed by atoms with E-state index in [4.69, 9.17) is 32.7 Å². The van der Waals surface area contributed by atoms with Crippen molar-refractivity contribution < 1.29 is 13.6 Å².